The lowest BCUT2D eigenvalue weighted by Crippen LogP contribution is -2.28. The molecule has 0 aliphatic carbocycles. The molecule has 20 heavy (non-hydrogen) atoms. The van der Waals surface area contributed by atoms with Crippen molar-refractivity contribution in [1.82, 2.24) is 5.32 Å². The summed E-state index contributed by atoms with van der Waals surface area (Å²) in [5.41, 5.74) is 0.175. The molecule has 0 aromatic heterocycles. The first-order chi connectivity index (χ1) is 9.34. The molecule has 1 aromatic carbocycles. The Morgan fingerprint density at radius 2 is 1.90 bits per heavy atom. The summed E-state index contributed by atoms with van der Waals surface area (Å²) in [5.74, 6) is -1.13. The van der Waals surface area contributed by atoms with E-state index in [0.29, 0.717) is 6.54 Å². The molecular formula is C13H15NO5S. The summed E-state index contributed by atoms with van der Waals surface area (Å²) in [4.78, 5) is 22.9. The van der Waals surface area contributed by atoms with E-state index >= 15 is 0 Å². The van der Waals surface area contributed by atoms with Crippen molar-refractivity contribution < 1.29 is 22.7 Å². The van der Waals surface area contributed by atoms with E-state index in [1.165, 1.54) is 30.3 Å². The number of carbonyl (C=O) groups is 2. The number of amides is 1. The zero-order valence-corrected chi connectivity index (χ0v) is 11.8. The van der Waals surface area contributed by atoms with Crippen LogP contribution in [-0.4, -0.2) is 39.7 Å². The Morgan fingerprint density at radius 1 is 1.30 bits per heavy atom. The van der Waals surface area contributed by atoms with Crippen molar-refractivity contribution in [3.8, 4) is 0 Å². The predicted octanol–water partition coefficient (Wildman–Crippen LogP) is 0.549. The quantitative estimate of drug-likeness (QED) is 0.612. The molecular weight excluding hydrogens is 282 g/mol. The summed E-state index contributed by atoms with van der Waals surface area (Å²) in [6.07, 6.45) is 2.58. The number of nitrogens with one attached hydrogen (secondary N) is 1. The van der Waals surface area contributed by atoms with Crippen LogP contribution in [0.2, 0.25) is 0 Å². The fourth-order valence-corrected chi connectivity index (χ4v) is 1.92. The number of carbonyl (C=O) groups excluding carboxylic acids is 2. The number of esters is 1. The molecule has 0 bridgehead atoms. The molecule has 0 aliphatic rings. The largest absolute Gasteiger partial charge is 0.452 e. The van der Waals surface area contributed by atoms with Crippen molar-refractivity contribution >= 4 is 21.7 Å². The molecule has 0 radical (unpaired) electrons. The first-order valence-corrected chi connectivity index (χ1v) is 7.58. The molecule has 6 nitrogen and oxygen atoms in total. The lowest BCUT2D eigenvalue weighted by atomic mass is 10.2. The van der Waals surface area contributed by atoms with Crippen molar-refractivity contribution in [3.05, 3.63) is 42.5 Å². The van der Waals surface area contributed by atoms with Gasteiger partial charge in [-0.05, 0) is 24.3 Å². The maximum Gasteiger partial charge on any atom is 0.338 e. The van der Waals surface area contributed by atoms with E-state index in [1.807, 2.05) is 0 Å². The number of benzene rings is 1. The van der Waals surface area contributed by atoms with Crippen LogP contribution in [0.15, 0.2) is 41.8 Å². The Balaban J connectivity index is 2.60. The molecule has 0 fully saturated rings. The number of hydrogen-bond donors (Lipinski definition) is 1. The van der Waals surface area contributed by atoms with Crippen molar-refractivity contribution in [2.45, 2.75) is 4.90 Å². The minimum Gasteiger partial charge on any atom is -0.452 e. The minimum atomic E-state index is -3.31. The highest BCUT2D eigenvalue weighted by molar-refractivity contribution is 7.90. The fraction of sp³-hybridized carbons (Fsp3) is 0.231. The summed E-state index contributed by atoms with van der Waals surface area (Å²) in [6, 6.07) is 5.29. The third-order valence-electron chi connectivity index (χ3n) is 2.30. The predicted molar refractivity (Wildman–Crippen MR) is 73.0 cm³/mol. The van der Waals surface area contributed by atoms with Gasteiger partial charge in [0.05, 0.1) is 10.5 Å². The monoisotopic (exact) mass is 297 g/mol. The maximum absolute atomic E-state index is 11.6. The van der Waals surface area contributed by atoms with Gasteiger partial charge in [0.15, 0.2) is 16.4 Å². The van der Waals surface area contributed by atoms with Crippen LogP contribution < -0.4 is 5.32 Å². The van der Waals surface area contributed by atoms with E-state index in [9.17, 15) is 18.0 Å². The van der Waals surface area contributed by atoms with Crippen LogP contribution in [0.5, 0.6) is 0 Å². The second-order valence-corrected chi connectivity index (χ2v) is 5.98. The number of sulfone groups is 1. The van der Waals surface area contributed by atoms with E-state index in [1.54, 1.807) is 0 Å². The Bertz CT molecular complexity index is 604. The lowest BCUT2D eigenvalue weighted by molar-refractivity contribution is -0.124. The fourth-order valence-electron chi connectivity index (χ4n) is 1.29. The molecule has 1 rings (SSSR count). The van der Waals surface area contributed by atoms with Gasteiger partial charge in [0, 0.05) is 12.8 Å². The summed E-state index contributed by atoms with van der Waals surface area (Å²) in [5, 5.41) is 2.45. The van der Waals surface area contributed by atoms with E-state index < -0.39 is 28.3 Å². The normalized spacial score (nSPS) is 10.7. The van der Waals surface area contributed by atoms with Crippen molar-refractivity contribution in [2.24, 2.45) is 0 Å². The van der Waals surface area contributed by atoms with E-state index in [4.69, 9.17) is 4.74 Å². The van der Waals surface area contributed by atoms with E-state index in [0.717, 1.165) is 6.26 Å². The first-order valence-electron chi connectivity index (χ1n) is 5.69. The highest BCUT2D eigenvalue weighted by atomic mass is 32.2. The van der Waals surface area contributed by atoms with Crippen molar-refractivity contribution in [3.63, 3.8) is 0 Å². The van der Waals surface area contributed by atoms with Crippen LogP contribution in [0.4, 0.5) is 0 Å². The van der Waals surface area contributed by atoms with Gasteiger partial charge in [0.2, 0.25) is 0 Å². The van der Waals surface area contributed by atoms with Gasteiger partial charge in [-0.2, -0.15) is 0 Å². The second-order valence-electron chi connectivity index (χ2n) is 3.97. The van der Waals surface area contributed by atoms with Crippen LogP contribution in [0.1, 0.15) is 10.4 Å². The van der Waals surface area contributed by atoms with Gasteiger partial charge in [-0.3, -0.25) is 4.79 Å². The molecule has 7 heteroatoms. The molecule has 0 spiro atoms. The second kappa shape index (κ2) is 6.85. The van der Waals surface area contributed by atoms with Crippen LogP contribution in [0.25, 0.3) is 0 Å². The molecule has 108 valence electrons. The van der Waals surface area contributed by atoms with Crippen LogP contribution in [0, 0.1) is 0 Å². The smallest absolute Gasteiger partial charge is 0.338 e. The summed E-state index contributed by atoms with van der Waals surface area (Å²) >= 11 is 0. The van der Waals surface area contributed by atoms with Crippen LogP contribution in [-0.2, 0) is 19.4 Å². The number of rotatable bonds is 6. The van der Waals surface area contributed by atoms with Gasteiger partial charge < -0.3 is 10.1 Å². The van der Waals surface area contributed by atoms with Crippen LogP contribution in [0.3, 0.4) is 0 Å². The molecule has 1 N–H and O–H groups in total. The van der Waals surface area contributed by atoms with Gasteiger partial charge in [-0.25, -0.2) is 13.2 Å². The van der Waals surface area contributed by atoms with Crippen molar-refractivity contribution in [1.29, 1.82) is 0 Å². The highest BCUT2D eigenvalue weighted by Gasteiger charge is 2.12. The average molecular weight is 297 g/mol. The summed E-state index contributed by atoms with van der Waals surface area (Å²) in [7, 11) is -3.31. The SMILES string of the molecule is C=CCNC(=O)COC(=O)c1ccc(S(C)(=O)=O)cc1. The third kappa shape index (κ3) is 4.85. The molecule has 0 unspecified atom stereocenters. The highest BCUT2D eigenvalue weighted by Crippen LogP contribution is 2.11. The Morgan fingerprint density at radius 3 is 2.40 bits per heavy atom. The summed E-state index contributed by atoms with van der Waals surface area (Å²) < 4.78 is 27.3. The molecule has 0 saturated carbocycles. The van der Waals surface area contributed by atoms with Gasteiger partial charge in [0.1, 0.15) is 0 Å². The Kier molecular flexibility index (Phi) is 5.45. The summed E-state index contributed by atoms with van der Waals surface area (Å²) in [6.45, 7) is 3.32. The molecule has 0 saturated heterocycles. The lowest BCUT2D eigenvalue weighted by Gasteiger charge is -2.05. The zero-order valence-electron chi connectivity index (χ0n) is 11.0. The molecule has 1 amide bonds. The Hall–Kier alpha value is -2.15. The standard InChI is InChI=1S/C13H15NO5S/c1-3-8-14-12(15)9-19-13(16)10-4-6-11(7-5-10)20(2,17)18/h3-7H,1,8-9H2,2H3,(H,14,15). The molecule has 0 heterocycles. The number of hydrogen-bond acceptors (Lipinski definition) is 5. The van der Waals surface area contributed by atoms with E-state index in [-0.39, 0.29) is 10.5 Å². The third-order valence-corrected chi connectivity index (χ3v) is 3.42. The van der Waals surface area contributed by atoms with Gasteiger partial charge in [0.25, 0.3) is 5.91 Å². The molecule has 0 aliphatic heterocycles. The topological polar surface area (TPSA) is 89.5 Å². The van der Waals surface area contributed by atoms with Gasteiger partial charge in [-0.15, -0.1) is 6.58 Å². The van der Waals surface area contributed by atoms with Gasteiger partial charge in [-0.1, -0.05) is 6.08 Å². The van der Waals surface area contributed by atoms with Crippen molar-refractivity contribution in [2.75, 3.05) is 19.4 Å². The average Bonchev–Trinajstić information content (AvgIpc) is 2.41. The zero-order chi connectivity index (χ0) is 15.2. The first kappa shape index (κ1) is 15.9. The van der Waals surface area contributed by atoms with Crippen LogP contribution >= 0.6 is 0 Å². The maximum atomic E-state index is 11.6. The van der Waals surface area contributed by atoms with Gasteiger partial charge >= 0.3 is 5.97 Å². The number of ether oxygens (including phenoxy) is 1. The minimum absolute atomic E-state index is 0.109. The molecule has 1 aromatic rings. The molecule has 0 atom stereocenters. The Labute approximate surface area is 117 Å². The van der Waals surface area contributed by atoms with E-state index in [2.05, 4.69) is 11.9 Å².